The number of fused-ring (bicyclic) bond motifs is 1. The number of nitrogens with zero attached hydrogens (tertiary/aromatic N) is 3. The molecule has 2 aliphatic heterocycles. The highest BCUT2D eigenvalue weighted by Gasteiger charge is 2.55. The number of nitrogens with two attached hydrogens (primary N) is 1. The SMILES string of the molecule is CONC(C(=O)NC1C(=O)N2C(C(=O)OC(c3ccccc3)c3ccccc3)=C(/C=C/CI)CS[C@H]12)c1nsc(N)n1. The number of carbonyl (C=O) groups excluding carboxylic acids is 3. The molecule has 42 heavy (non-hydrogen) atoms. The molecule has 11 nitrogen and oxygen atoms in total. The number of allylic oxidation sites excluding steroid dienone is 2. The van der Waals surface area contributed by atoms with Gasteiger partial charge in [0.15, 0.2) is 23.1 Å². The number of benzene rings is 2. The van der Waals surface area contributed by atoms with Gasteiger partial charge in [-0.3, -0.25) is 14.5 Å². The maximum atomic E-state index is 13.9. The first-order valence-electron chi connectivity index (χ1n) is 12.8. The van der Waals surface area contributed by atoms with Gasteiger partial charge in [-0.25, -0.2) is 9.78 Å². The van der Waals surface area contributed by atoms with E-state index in [9.17, 15) is 14.4 Å². The zero-order valence-corrected chi connectivity index (χ0v) is 26.1. The van der Waals surface area contributed by atoms with Gasteiger partial charge in [0.1, 0.15) is 17.1 Å². The van der Waals surface area contributed by atoms with E-state index in [1.165, 1.54) is 23.8 Å². The van der Waals surface area contributed by atoms with Gasteiger partial charge in [-0.05, 0) is 16.7 Å². The van der Waals surface area contributed by atoms with Crippen LogP contribution < -0.4 is 16.5 Å². The lowest BCUT2D eigenvalue weighted by atomic mass is 10.0. The van der Waals surface area contributed by atoms with Crippen molar-refractivity contribution in [1.29, 1.82) is 0 Å². The summed E-state index contributed by atoms with van der Waals surface area (Å²) >= 11 is 4.61. The number of ether oxygens (including phenoxy) is 1. The molecule has 0 spiro atoms. The summed E-state index contributed by atoms with van der Waals surface area (Å²) < 4.78 is 11.0. The highest BCUT2D eigenvalue weighted by atomic mass is 127. The molecule has 1 fully saturated rings. The highest BCUT2D eigenvalue weighted by Crippen LogP contribution is 2.42. The number of rotatable bonds is 11. The van der Waals surface area contributed by atoms with E-state index in [1.807, 2.05) is 72.8 Å². The molecular formula is C28H27IN6O5S2. The molecule has 1 saturated heterocycles. The Bertz CT molecular complexity index is 1460. The van der Waals surface area contributed by atoms with Crippen molar-refractivity contribution in [2.75, 3.05) is 23.0 Å². The molecule has 1 aromatic heterocycles. The minimum absolute atomic E-state index is 0.125. The Morgan fingerprint density at radius 3 is 2.40 bits per heavy atom. The van der Waals surface area contributed by atoms with E-state index in [0.717, 1.165) is 27.1 Å². The van der Waals surface area contributed by atoms with Gasteiger partial charge >= 0.3 is 5.97 Å². The van der Waals surface area contributed by atoms with Crippen molar-refractivity contribution in [3.8, 4) is 0 Å². The highest BCUT2D eigenvalue weighted by molar-refractivity contribution is 14.1. The number of aromatic nitrogens is 2. The predicted molar refractivity (Wildman–Crippen MR) is 168 cm³/mol. The third-order valence-corrected chi connectivity index (χ3v) is 8.91. The first-order chi connectivity index (χ1) is 20.4. The molecule has 3 atom stereocenters. The summed E-state index contributed by atoms with van der Waals surface area (Å²) in [5.74, 6) is -1.04. The second-order valence-corrected chi connectivity index (χ2v) is 11.9. The summed E-state index contributed by atoms with van der Waals surface area (Å²) in [5.41, 5.74) is 10.7. The van der Waals surface area contributed by atoms with Crippen molar-refractivity contribution in [2.24, 2.45) is 0 Å². The number of hydrogen-bond acceptors (Lipinski definition) is 11. The number of alkyl halides is 1. The molecule has 2 aliphatic rings. The van der Waals surface area contributed by atoms with E-state index in [2.05, 4.69) is 42.7 Å². The molecule has 2 amide bonds. The Hall–Kier alpha value is -3.31. The molecule has 2 unspecified atom stereocenters. The van der Waals surface area contributed by atoms with Gasteiger partial charge in [0, 0.05) is 21.7 Å². The van der Waals surface area contributed by atoms with Gasteiger partial charge in [0.2, 0.25) is 5.91 Å². The first-order valence-corrected chi connectivity index (χ1v) is 16.2. The fourth-order valence-corrected chi connectivity index (χ4v) is 6.68. The molecule has 2 aromatic carbocycles. The lowest BCUT2D eigenvalue weighted by Gasteiger charge is -2.49. The molecule has 218 valence electrons. The van der Waals surface area contributed by atoms with E-state index in [-0.39, 0.29) is 16.7 Å². The Balaban J connectivity index is 1.40. The minimum atomic E-state index is -1.08. The van der Waals surface area contributed by atoms with Crippen LogP contribution in [0.5, 0.6) is 0 Å². The number of hydrogen-bond donors (Lipinski definition) is 3. The minimum Gasteiger partial charge on any atom is -0.448 e. The Kier molecular flexibility index (Phi) is 9.89. The van der Waals surface area contributed by atoms with Crippen molar-refractivity contribution in [3.05, 3.63) is 101 Å². The number of amides is 2. The lowest BCUT2D eigenvalue weighted by Crippen LogP contribution is -2.71. The van der Waals surface area contributed by atoms with Gasteiger partial charge in [-0.15, -0.1) is 11.8 Å². The maximum Gasteiger partial charge on any atom is 0.356 e. The zero-order chi connectivity index (χ0) is 29.6. The third kappa shape index (κ3) is 6.36. The lowest BCUT2D eigenvalue weighted by molar-refractivity contribution is -0.155. The number of halogens is 1. The molecule has 3 heterocycles. The molecule has 14 heteroatoms. The molecule has 5 rings (SSSR count). The summed E-state index contributed by atoms with van der Waals surface area (Å²) in [6.07, 6.45) is 3.09. The van der Waals surface area contributed by atoms with Crippen molar-refractivity contribution < 1.29 is 24.0 Å². The van der Waals surface area contributed by atoms with Gasteiger partial charge in [0.05, 0.1) is 7.11 Å². The van der Waals surface area contributed by atoms with Crippen LogP contribution in [0.25, 0.3) is 0 Å². The second-order valence-electron chi connectivity index (χ2n) is 9.18. The van der Waals surface area contributed by atoms with Crippen LogP contribution in [0, 0.1) is 0 Å². The average molecular weight is 719 g/mol. The summed E-state index contributed by atoms with van der Waals surface area (Å²) in [4.78, 5) is 51.1. The van der Waals surface area contributed by atoms with E-state index in [4.69, 9.17) is 15.3 Å². The smallest absolute Gasteiger partial charge is 0.356 e. The Labute approximate surface area is 264 Å². The first kappa shape index (κ1) is 30.2. The van der Waals surface area contributed by atoms with Crippen molar-refractivity contribution in [3.63, 3.8) is 0 Å². The van der Waals surface area contributed by atoms with Crippen LogP contribution >= 0.6 is 45.9 Å². The molecule has 0 saturated carbocycles. The zero-order valence-electron chi connectivity index (χ0n) is 22.3. The number of nitrogen functional groups attached to an aromatic ring is 1. The molecule has 3 aromatic rings. The number of esters is 1. The number of hydroxylamine groups is 1. The number of thioether (sulfide) groups is 1. The molecule has 0 aliphatic carbocycles. The van der Waals surface area contributed by atoms with E-state index in [1.54, 1.807) is 0 Å². The Morgan fingerprint density at radius 2 is 1.83 bits per heavy atom. The van der Waals surface area contributed by atoms with Gasteiger partial charge in [-0.1, -0.05) is 95.4 Å². The summed E-state index contributed by atoms with van der Waals surface area (Å²) in [7, 11) is 1.36. The number of anilines is 1. The van der Waals surface area contributed by atoms with E-state index in [0.29, 0.717) is 11.3 Å². The van der Waals surface area contributed by atoms with Gasteiger partial charge < -0.3 is 20.6 Å². The molecular weight excluding hydrogens is 691 g/mol. The number of nitrogens with one attached hydrogen (secondary N) is 2. The Morgan fingerprint density at radius 1 is 1.17 bits per heavy atom. The third-order valence-electron chi connectivity index (χ3n) is 6.54. The van der Waals surface area contributed by atoms with Crippen molar-refractivity contribution in [2.45, 2.75) is 23.6 Å². The summed E-state index contributed by atoms with van der Waals surface area (Å²) in [6, 6.07) is 16.9. The van der Waals surface area contributed by atoms with Gasteiger partial charge in [0.25, 0.3) is 5.91 Å². The fourth-order valence-electron chi connectivity index (χ4n) is 4.64. The molecule has 4 N–H and O–H groups in total. The monoisotopic (exact) mass is 718 g/mol. The molecule has 0 bridgehead atoms. The quantitative estimate of drug-likeness (QED) is 0.0887. The largest absolute Gasteiger partial charge is 0.448 e. The van der Waals surface area contributed by atoms with Crippen LogP contribution in [-0.4, -0.2) is 60.7 Å². The van der Waals surface area contributed by atoms with E-state index < -0.39 is 41.3 Å². The molecule has 0 radical (unpaired) electrons. The number of carbonyl (C=O) groups is 3. The van der Waals surface area contributed by atoms with Crippen LogP contribution in [0.1, 0.15) is 29.1 Å². The predicted octanol–water partition coefficient (Wildman–Crippen LogP) is 3.29. The maximum absolute atomic E-state index is 13.9. The fraction of sp³-hybridized carbons (Fsp3) is 0.250. The van der Waals surface area contributed by atoms with Crippen LogP contribution in [0.2, 0.25) is 0 Å². The summed E-state index contributed by atoms with van der Waals surface area (Å²) in [6.45, 7) is 0. The van der Waals surface area contributed by atoms with Crippen LogP contribution in [-0.2, 0) is 24.0 Å². The second kappa shape index (κ2) is 13.8. The van der Waals surface area contributed by atoms with Crippen molar-refractivity contribution >= 4 is 68.8 Å². The topological polar surface area (TPSA) is 149 Å². The standard InChI is InChI=1S/C28H27IN6O5S2/c1-39-33-19(23-32-28(30)42-34-23)24(36)31-20-25(37)35-21(18(13-8-14-29)15-41-26(20)35)27(38)40-22(16-9-4-2-5-10-16)17-11-6-3-7-12-17/h2-13,19-20,22,26,33H,14-15H2,1H3,(H,31,36)(H2,30,32,34)/b13-8+/t19?,20?,26-/m1/s1. The summed E-state index contributed by atoms with van der Waals surface area (Å²) in [5, 5.41) is 2.45. The van der Waals surface area contributed by atoms with Crippen LogP contribution in [0.4, 0.5) is 5.13 Å². The van der Waals surface area contributed by atoms with E-state index >= 15 is 0 Å². The normalized spacial score (nSPS) is 19.0. The van der Waals surface area contributed by atoms with Gasteiger partial charge in [-0.2, -0.15) is 9.85 Å². The van der Waals surface area contributed by atoms with Crippen molar-refractivity contribution in [1.82, 2.24) is 25.1 Å². The van der Waals surface area contributed by atoms with Crippen LogP contribution in [0.3, 0.4) is 0 Å². The number of β-lactam (4-membered cyclic amide) rings is 1. The van der Waals surface area contributed by atoms with Crippen LogP contribution in [0.15, 0.2) is 84.1 Å². The average Bonchev–Trinajstić information content (AvgIpc) is 3.45.